The van der Waals surface area contributed by atoms with Crippen LogP contribution in [0, 0.1) is 11.8 Å². The van der Waals surface area contributed by atoms with Crippen LogP contribution in [-0.4, -0.2) is 24.5 Å². The van der Waals surface area contributed by atoms with E-state index in [4.69, 9.17) is 0 Å². The fraction of sp³-hybridized carbons (Fsp3) is 1.00. The molecule has 0 N–H and O–H groups in total. The number of hydrogen-bond acceptors (Lipinski definition) is 1. The zero-order valence-corrected chi connectivity index (χ0v) is 9.01. The number of nitrogens with zero attached hydrogens (tertiary/aromatic N) is 1. The van der Waals surface area contributed by atoms with Crippen LogP contribution >= 0.6 is 0 Å². The van der Waals surface area contributed by atoms with Crippen molar-refractivity contribution in [2.75, 3.05) is 13.6 Å². The Balaban J connectivity index is 2.42. The molecule has 0 aliphatic carbocycles. The number of rotatable bonds is 2. The lowest BCUT2D eigenvalue weighted by atomic mass is 9.86. The highest BCUT2D eigenvalue weighted by molar-refractivity contribution is 4.80. The number of hydrogen-bond donors (Lipinski definition) is 0. The second-order valence-corrected chi connectivity index (χ2v) is 4.60. The summed E-state index contributed by atoms with van der Waals surface area (Å²) in [6.07, 6.45) is 4.21. The van der Waals surface area contributed by atoms with E-state index in [9.17, 15) is 0 Å². The molecule has 0 radical (unpaired) electrons. The molecule has 12 heavy (non-hydrogen) atoms. The van der Waals surface area contributed by atoms with E-state index >= 15 is 0 Å². The molecule has 0 aromatic carbocycles. The lowest BCUT2D eigenvalue weighted by molar-refractivity contribution is 0.103. The van der Waals surface area contributed by atoms with Gasteiger partial charge in [-0.25, -0.2) is 0 Å². The van der Waals surface area contributed by atoms with Crippen LogP contribution in [0.2, 0.25) is 0 Å². The summed E-state index contributed by atoms with van der Waals surface area (Å²) < 4.78 is 0. The minimum absolute atomic E-state index is 0.827. The quantitative estimate of drug-likeness (QED) is 0.614. The van der Waals surface area contributed by atoms with Crippen LogP contribution in [0.4, 0.5) is 0 Å². The predicted octanol–water partition coefficient (Wildman–Crippen LogP) is 2.76. The zero-order valence-electron chi connectivity index (χ0n) is 9.01. The van der Waals surface area contributed by atoms with Gasteiger partial charge in [0.15, 0.2) is 0 Å². The molecule has 0 spiro atoms. The lowest BCUT2D eigenvalue weighted by Crippen LogP contribution is -2.43. The van der Waals surface area contributed by atoms with Gasteiger partial charge in [-0.3, -0.25) is 0 Å². The first-order valence-corrected chi connectivity index (χ1v) is 5.35. The molecular weight excluding hydrogens is 146 g/mol. The van der Waals surface area contributed by atoms with Gasteiger partial charge in [0.2, 0.25) is 0 Å². The monoisotopic (exact) mass is 169 g/mol. The Morgan fingerprint density at radius 3 is 2.42 bits per heavy atom. The van der Waals surface area contributed by atoms with Crippen molar-refractivity contribution < 1.29 is 0 Å². The van der Waals surface area contributed by atoms with Crippen molar-refractivity contribution in [1.82, 2.24) is 4.90 Å². The van der Waals surface area contributed by atoms with Crippen molar-refractivity contribution in [2.45, 2.75) is 46.1 Å². The van der Waals surface area contributed by atoms with Crippen LogP contribution in [0.1, 0.15) is 40.0 Å². The zero-order chi connectivity index (χ0) is 9.14. The van der Waals surface area contributed by atoms with Gasteiger partial charge in [-0.1, -0.05) is 27.2 Å². The Kier molecular flexibility index (Phi) is 3.57. The molecule has 1 aliphatic heterocycles. The molecule has 1 nitrogen and oxygen atoms in total. The average Bonchev–Trinajstić information content (AvgIpc) is 2.03. The van der Waals surface area contributed by atoms with E-state index in [-0.39, 0.29) is 0 Å². The van der Waals surface area contributed by atoms with E-state index in [0.717, 1.165) is 17.9 Å². The molecule has 1 fully saturated rings. The summed E-state index contributed by atoms with van der Waals surface area (Å²) in [6.45, 7) is 8.31. The standard InChI is InChI=1S/C11H23N/c1-5-10-6-7-11(9(2)3)12(4)8-10/h9-11H,5-8H2,1-4H3. The Hall–Kier alpha value is -0.0400. The van der Waals surface area contributed by atoms with Gasteiger partial charge in [0.1, 0.15) is 0 Å². The van der Waals surface area contributed by atoms with Crippen LogP contribution in [0.5, 0.6) is 0 Å². The Morgan fingerprint density at radius 1 is 1.33 bits per heavy atom. The second kappa shape index (κ2) is 4.27. The van der Waals surface area contributed by atoms with E-state index in [2.05, 4.69) is 32.7 Å². The predicted molar refractivity (Wildman–Crippen MR) is 54.3 cm³/mol. The average molecular weight is 169 g/mol. The van der Waals surface area contributed by atoms with E-state index in [1.54, 1.807) is 0 Å². The van der Waals surface area contributed by atoms with E-state index < -0.39 is 0 Å². The summed E-state index contributed by atoms with van der Waals surface area (Å²) in [6, 6.07) is 0.841. The van der Waals surface area contributed by atoms with Crippen molar-refractivity contribution in [1.29, 1.82) is 0 Å². The summed E-state index contributed by atoms with van der Waals surface area (Å²) >= 11 is 0. The highest BCUT2D eigenvalue weighted by atomic mass is 15.1. The third kappa shape index (κ3) is 2.22. The molecule has 1 saturated heterocycles. The largest absolute Gasteiger partial charge is 0.303 e. The topological polar surface area (TPSA) is 3.24 Å². The van der Waals surface area contributed by atoms with Gasteiger partial charge in [0, 0.05) is 12.6 Å². The Labute approximate surface area is 77.1 Å². The molecule has 2 unspecified atom stereocenters. The van der Waals surface area contributed by atoms with Crippen molar-refractivity contribution in [2.24, 2.45) is 11.8 Å². The number of piperidine rings is 1. The van der Waals surface area contributed by atoms with Gasteiger partial charge in [-0.2, -0.15) is 0 Å². The lowest BCUT2D eigenvalue weighted by Gasteiger charge is -2.39. The second-order valence-electron chi connectivity index (χ2n) is 4.60. The molecule has 72 valence electrons. The minimum Gasteiger partial charge on any atom is -0.303 e. The fourth-order valence-corrected chi connectivity index (χ4v) is 2.44. The van der Waals surface area contributed by atoms with Crippen molar-refractivity contribution >= 4 is 0 Å². The van der Waals surface area contributed by atoms with Gasteiger partial charge in [-0.05, 0) is 31.7 Å². The molecule has 1 heterocycles. The summed E-state index contributed by atoms with van der Waals surface area (Å²) in [5.74, 6) is 1.79. The van der Waals surface area contributed by atoms with Crippen LogP contribution in [0.15, 0.2) is 0 Å². The van der Waals surface area contributed by atoms with Crippen molar-refractivity contribution in [3.05, 3.63) is 0 Å². The molecule has 2 atom stereocenters. The third-order valence-electron chi connectivity index (χ3n) is 3.33. The van der Waals surface area contributed by atoms with Gasteiger partial charge >= 0.3 is 0 Å². The van der Waals surface area contributed by atoms with Crippen molar-refractivity contribution in [3.8, 4) is 0 Å². The molecule has 0 bridgehead atoms. The minimum atomic E-state index is 0.827. The fourth-order valence-electron chi connectivity index (χ4n) is 2.44. The summed E-state index contributed by atoms with van der Waals surface area (Å²) in [5.41, 5.74) is 0. The smallest absolute Gasteiger partial charge is 0.0115 e. The maximum Gasteiger partial charge on any atom is 0.0115 e. The summed E-state index contributed by atoms with van der Waals surface area (Å²) in [7, 11) is 2.28. The SMILES string of the molecule is CCC1CCC(C(C)C)N(C)C1. The van der Waals surface area contributed by atoms with Crippen LogP contribution in [0.25, 0.3) is 0 Å². The molecule has 1 aliphatic rings. The number of likely N-dealkylation sites (tertiary alicyclic amines) is 1. The maximum atomic E-state index is 2.56. The third-order valence-corrected chi connectivity index (χ3v) is 3.33. The van der Waals surface area contributed by atoms with Gasteiger partial charge in [-0.15, -0.1) is 0 Å². The van der Waals surface area contributed by atoms with Crippen LogP contribution in [0.3, 0.4) is 0 Å². The molecule has 1 heteroatoms. The van der Waals surface area contributed by atoms with E-state index in [0.29, 0.717) is 0 Å². The molecule has 1 rings (SSSR count). The highest BCUT2D eigenvalue weighted by Gasteiger charge is 2.26. The Bertz CT molecular complexity index is 131. The molecule has 0 aromatic rings. The van der Waals surface area contributed by atoms with Gasteiger partial charge in [0.05, 0.1) is 0 Å². The van der Waals surface area contributed by atoms with E-state index in [1.165, 1.54) is 25.8 Å². The molecular formula is C11H23N. The van der Waals surface area contributed by atoms with Gasteiger partial charge < -0.3 is 4.90 Å². The first-order chi connectivity index (χ1) is 5.65. The van der Waals surface area contributed by atoms with Crippen LogP contribution < -0.4 is 0 Å². The Morgan fingerprint density at radius 2 is 2.00 bits per heavy atom. The molecule has 0 amide bonds. The van der Waals surface area contributed by atoms with Crippen molar-refractivity contribution in [3.63, 3.8) is 0 Å². The first kappa shape index (κ1) is 10.0. The normalized spacial score (nSPS) is 32.8. The summed E-state index contributed by atoms with van der Waals surface area (Å²) in [5, 5.41) is 0. The molecule has 0 saturated carbocycles. The first-order valence-electron chi connectivity index (χ1n) is 5.35. The van der Waals surface area contributed by atoms with Gasteiger partial charge in [0.25, 0.3) is 0 Å². The summed E-state index contributed by atoms with van der Waals surface area (Å²) in [4.78, 5) is 2.56. The molecule has 0 aromatic heterocycles. The highest BCUT2D eigenvalue weighted by Crippen LogP contribution is 2.26. The van der Waals surface area contributed by atoms with E-state index in [1.807, 2.05) is 0 Å². The maximum absolute atomic E-state index is 2.56. The van der Waals surface area contributed by atoms with Crippen LogP contribution in [-0.2, 0) is 0 Å².